The summed E-state index contributed by atoms with van der Waals surface area (Å²) in [5.74, 6) is -0.765. The van der Waals surface area contributed by atoms with Gasteiger partial charge in [0, 0.05) is 40.3 Å². The van der Waals surface area contributed by atoms with E-state index in [4.69, 9.17) is 11.6 Å². The van der Waals surface area contributed by atoms with Gasteiger partial charge in [0.2, 0.25) is 0 Å². The van der Waals surface area contributed by atoms with Crippen LogP contribution in [-0.2, 0) is 11.8 Å². The van der Waals surface area contributed by atoms with Crippen molar-refractivity contribution in [3.8, 4) is 0 Å². The van der Waals surface area contributed by atoms with Gasteiger partial charge in [-0.2, -0.15) is 5.10 Å². The summed E-state index contributed by atoms with van der Waals surface area (Å²) < 4.78 is 1.99. The van der Waals surface area contributed by atoms with E-state index in [-0.39, 0.29) is 12.5 Å². The van der Waals surface area contributed by atoms with Gasteiger partial charge in [-0.05, 0) is 30.3 Å². The van der Waals surface area contributed by atoms with E-state index in [0.717, 1.165) is 16.5 Å². The molecule has 0 saturated heterocycles. The van der Waals surface area contributed by atoms with Crippen LogP contribution in [0.15, 0.2) is 59.8 Å². The molecule has 1 aromatic heterocycles. The van der Waals surface area contributed by atoms with Gasteiger partial charge in [-0.15, -0.1) is 0 Å². The Labute approximate surface area is 155 Å². The lowest BCUT2D eigenvalue weighted by molar-refractivity contribution is -0.120. The first-order chi connectivity index (χ1) is 12.5. The van der Waals surface area contributed by atoms with Crippen molar-refractivity contribution in [2.45, 2.75) is 0 Å². The third-order valence-corrected chi connectivity index (χ3v) is 4.09. The molecule has 26 heavy (non-hydrogen) atoms. The molecule has 0 saturated carbocycles. The van der Waals surface area contributed by atoms with Crippen molar-refractivity contribution >= 4 is 40.5 Å². The minimum Gasteiger partial charge on any atom is -0.350 e. The van der Waals surface area contributed by atoms with Crippen molar-refractivity contribution in [3.05, 3.63) is 70.9 Å². The average molecular weight is 369 g/mol. The van der Waals surface area contributed by atoms with Crippen molar-refractivity contribution < 1.29 is 9.59 Å². The number of para-hydroxylation sites is 1. The average Bonchev–Trinajstić information content (AvgIpc) is 2.97. The molecule has 3 rings (SSSR count). The van der Waals surface area contributed by atoms with Gasteiger partial charge in [-0.3, -0.25) is 9.59 Å². The number of fused-ring (bicyclic) bond motifs is 1. The van der Waals surface area contributed by atoms with E-state index < -0.39 is 5.91 Å². The fourth-order valence-electron chi connectivity index (χ4n) is 2.55. The zero-order valence-corrected chi connectivity index (χ0v) is 14.8. The van der Waals surface area contributed by atoms with Gasteiger partial charge in [-0.1, -0.05) is 29.8 Å². The highest BCUT2D eigenvalue weighted by Crippen LogP contribution is 2.18. The minimum atomic E-state index is -0.413. The van der Waals surface area contributed by atoms with Crippen LogP contribution in [0.3, 0.4) is 0 Å². The van der Waals surface area contributed by atoms with E-state index in [2.05, 4.69) is 15.8 Å². The van der Waals surface area contributed by atoms with E-state index in [1.165, 1.54) is 0 Å². The molecule has 6 nitrogen and oxygen atoms in total. The first-order valence-electron chi connectivity index (χ1n) is 7.94. The van der Waals surface area contributed by atoms with Crippen molar-refractivity contribution in [2.75, 3.05) is 6.54 Å². The normalized spacial score (nSPS) is 11.0. The summed E-state index contributed by atoms with van der Waals surface area (Å²) >= 11 is 5.78. The van der Waals surface area contributed by atoms with Crippen LogP contribution in [0.4, 0.5) is 0 Å². The smallest absolute Gasteiger partial charge is 0.259 e. The topological polar surface area (TPSA) is 75.5 Å². The number of hydrogen-bond acceptors (Lipinski definition) is 3. The van der Waals surface area contributed by atoms with Gasteiger partial charge in [-0.25, -0.2) is 5.43 Å². The Morgan fingerprint density at radius 2 is 1.88 bits per heavy atom. The fourth-order valence-corrected chi connectivity index (χ4v) is 2.68. The molecule has 7 heteroatoms. The molecule has 0 fully saturated rings. The molecule has 2 amide bonds. The van der Waals surface area contributed by atoms with Crippen LogP contribution < -0.4 is 10.7 Å². The Morgan fingerprint density at radius 1 is 1.15 bits per heavy atom. The molecule has 0 bridgehead atoms. The molecule has 132 valence electrons. The third-order valence-electron chi connectivity index (χ3n) is 3.84. The minimum absolute atomic E-state index is 0.172. The van der Waals surface area contributed by atoms with Crippen LogP contribution in [0.5, 0.6) is 0 Å². The molecule has 0 spiro atoms. The lowest BCUT2D eigenvalue weighted by Crippen LogP contribution is -2.34. The summed E-state index contributed by atoms with van der Waals surface area (Å²) in [6, 6.07) is 14.3. The number of carbonyl (C=O) groups is 2. The molecule has 0 unspecified atom stereocenters. The first kappa shape index (κ1) is 17.7. The molecular weight excluding hydrogens is 352 g/mol. The zero-order valence-electron chi connectivity index (χ0n) is 14.1. The lowest BCUT2D eigenvalue weighted by Gasteiger charge is -2.04. The predicted molar refractivity (Wildman–Crippen MR) is 102 cm³/mol. The highest BCUT2D eigenvalue weighted by Gasteiger charge is 2.08. The molecular formula is C19H17ClN4O2. The largest absolute Gasteiger partial charge is 0.350 e. The number of hydrogen-bond donors (Lipinski definition) is 2. The number of halogens is 1. The highest BCUT2D eigenvalue weighted by molar-refractivity contribution is 6.30. The Kier molecular flexibility index (Phi) is 5.34. The van der Waals surface area contributed by atoms with E-state index in [1.54, 1.807) is 30.5 Å². The first-order valence-corrected chi connectivity index (χ1v) is 8.32. The standard InChI is InChI=1S/C19H17ClN4O2/c1-24-12-14(16-4-2-3-5-17(16)24)10-22-23-18(25)11-21-19(26)13-6-8-15(20)9-7-13/h2-10,12H,11H2,1H3,(H,21,26)(H,23,25)/b22-10-. The van der Waals surface area contributed by atoms with Gasteiger partial charge in [0.15, 0.2) is 0 Å². The van der Waals surface area contributed by atoms with Crippen molar-refractivity contribution in [1.29, 1.82) is 0 Å². The molecule has 0 aliphatic carbocycles. The van der Waals surface area contributed by atoms with Crippen molar-refractivity contribution in [3.63, 3.8) is 0 Å². The molecule has 0 aliphatic rings. The number of benzene rings is 2. The maximum Gasteiger partial charge on any atom is 0.259 e. The van der Waals surface area contributed by atoms with Gasteiger partial charge < -0.3 is 9.88 Å². The molecule has 2 aromatic carbocycles. The van der Waals surface area contributed by atoms with Crippen molar-refractivity contribution in [1.82, 2.24) is 15.3 Å². The predicted octanol–water partition coefficient (Wildman–Crippen LogP) is 2.71. The van der Waals surface area contributed by atoms with Crippen LogP contribution in [0, 0.1) is 0 Å². The number of nitrogens with one attached hydrogen (secondary N) is 2. The van der Waals surface area contributed by atoms with Gasteiger partial charge in [0.05, 0.1) is 12.8 Å². The Hall–Kier alpha value is -3.12. The molecule has 3 aromatic rings. The molecule has 0 atom stereocenters. The molecule has 0 aliphatic heterocycles. The second-order valence-corrected chi connectivity index (χ2v) is 6.13. The summed E-state index contributed by atoms with van der Waals surface area (Å²) in [7, 11) is 1.95. The Bertz CT molecular complexity index is 977. The summed E-state index contributed by atoms with van der Waals surface area (Å²) in [4.78, 5) is 23.8. The number of amides is 2. The zero-order chi connectivity index (χ0) is 18.5. The quantitative estimate of drug-likeness (QED) is 0.536. The second kappa shape index (κ2) is 7.84. The number of aryl methyl sites for hydroxylation is 1. The van der Waals surface area contributed by atoms with E-state index >= 15 is 0 Å². The Balaban J connectivity index is 1.54. The number of hydrazone groups is 1. The van der Waals surface area contributed by atoms with Crippen LogP contribution in [0.1, 0.15) is 15.9 Å². The van der Waals surface area contributed by atoms with Crippen LogP contribution >= 0.6 is 11.6 Å². The van der Waals surface area contributed by atoms with Gasteiger partial charge in [0.1, 0.15) is 0 Å². The van der Waals surface area contributed by atoms with Gasteiger partial charge >= 0.3 is 0 Å². The number of carbonyl (C=O) groups excluding carboxylic acids is 2. The summed E-state index contributed by atoms with van der Waals surface area (Å²) in [6.45, 7) is -0.172. The van der Waals surface area contributed by atoms with Crippen molar-refractivity contribution in [2.24, 2.45) is 12.1 Å². The van der Waals surface area contributed by atoms with Crippen LogP contribution in [-0.4, -0.2) is 29.1 Å². The number of rotatable bonds is 5. The van der Waals surface area contributed by atoms with E-state index in [1.807, 2.05) is 42.1 Å². The maximum absolute atomic E-state index is 11.9. The van der Waals surface area contributed by atoms with Crippen LogP contribution in [0.25, 0.3) is 10.9 Å². The Morgan fingerprint density at radius 3 is 2.65 bits per heavy atom. The fraction of sp³-hybridized carbons (Fsp3) is 0.105. The number of nitrogens with zero attached hydrogens (tertiary/aromatic N) is 2. The number of aromatic nitrogens is 1. The van der Waals surface area contributed by atoms with E-state index in [0.29, 0.717) is 10.6 Å². The lowest BCUT2D eigenvalue weighted by atomic mass is 10.2. The maximum atomic E-state index is 11.9. The SMILES string of the molecule is Cn1cc(/C=N\NC(=O)CNC(=O)c2ccc(Cl)cc2)c2ccccc21. The van der Waals surface area contributed by atoms with Gasteiger partial charge in [0.25, 0.3) is 11.8 Å². The van der Waals surface area contributed by atoms with E-state index in [9.17, 15) is 9.59 Å². The summed E-state index contributed by atoms with van der Waals surface area (Å²) in [5, 5.41) is 8.08. The third kappa shape index (κ3) is 4.10. The van der Waals surface area contributed by atoms with Crippen LogP contribution in [0.2, 0.25) is 5.02 Å². The molecule has 0 radical (unpaired) electrons. The summed E-state index contributed by atoms with van der Waals surface area (Å²) in [5.41, 5.74) is 4.81. The highest BCUT2D eigenvalue weighted by atomic mass is 35.5. The molecule has 2 N–H and O–H groups in total. The monoisotopic (exact) mass is 368 g/mol. The molecule has 1 heterocycles. The summed E-state index contributed by atoms with van der Waals surface area (Å²) in [6.07, 6.45) is 3.52. The second-order valence-electron chi connectivity index (χ2n) is 5.70.